The van der Waals surface area contributed by atoms with Crippen molar-refractivity contribution >= 4 is 46.3 Å². The van der Waals surface area contributed by atoms with Gasteiger partial charge in [-0.15, -0.1) is 0 Å². The maximum absolute atomic E-state index is 12.3. The summed E-state index contributed by atoms with van der Waals surface area (Å²) in [5.41, 5.74) is 0.782. The lowest BCUT2D eigenvalue weighted by Crippen LogP contribution is -2.33. The highest BCUT2D eigenvalue weighted by atomic mass is 32.2. The van der Waals surface area contributed by atoms with Crippen molar-refractivity contribution in [2.24, 2.45) is 0 Å². The maximum Gasteiger partial charge on any atom is 0.266 e. The van der Waals surface area contributed by atoms with Gasteiger partial charge >= 0.3 is 0 Å². The van der Waals surface area contributed by atoms with E-state index in [1.54, 1.807) is 6.08 Å². The number of para-hydroxylation sites is 1. The Labute approximate surface area is 137 Å². The quantitative estimate of drug-likeness (QED) is 0.578. The van der Waals surface area contributed by atoms with Gasteiger partial charge in [-0.05, 0) is 19.1 Å². The second-order valence-electron chi connectivity index (χ2n) is 4.43. The minimum atomic E-state index is -1.21. The summed E-state index contributed by atoms with van der Waals surface area (Å²) in [5, 5.41) is 10.5. The second-order valence-corrected chi connectivity index (χ2v) is 6.10. The summed E-state index contributed by atoms with van der Waals surface area (Å²) in [4.78, 5) is 24.6. The van der Waals surface area contributed by atoms with E-state index in [1.165, 1.54) is 4.90 Å². The fourth-order valence-corrected chi connectivity index (χ4v) is 3.22. The van der Waals surface area contributed by atoms with Crippen LogP contribution in [0.3, 0.4) is 0 Å². The van der Waals surface area contributed by atoms with Crippen molar-refractivity contribution in [2.45, 2.75) is 13.3 Å². The summed E-state index contributed by atoms with van der Waals surface area (Å²) in [6.07, 6.45) is 1.47. The number of thiocarbonyl (C=S) groups is 1. The molecule has 0 aromatic heterocycles. The molecule has 0 spiro atoms. The molecule has 0 atom stereocenters. The van der Waals surface area contributed by atoms with E-state index in [0.29, 0.717) is 21.6 Å². The van der Waals surface area contributed by atoms with Crippen LogP contribution >= 0.6 is 24.0 Å². The van der Waals surface area contributed by atoms with E-state index >= 15 is 0 Å². The Hall–Kier alpha value is -1.86. The number of amides is 1. The number of hydrogen-bond donors (Lipinski definition) is 0. The molecule has 22 heavy (non-hydrogen) atoms. The molecule has 116 valence electrons. The Morgan fingerprint density at radius 1 is 1.45 bits per heavy atom. The first-order valence-corrected chi connectivity index (χ1v) is 7.92. The summed E-state index contributed by atoms with van der Waals surface area (Å²) < 4.78 is 5.87. The zero-order chi connectivity index (χ0) is 16.1. The van der Waals surface area contributed by atoms with Crippen LogP contribution in [0.4, 0.5) is 0 Å². The SMILES string of the molecule is CCOc1ccccc1/C=C1/SC(=S)N(CCC(=O)[O-])C1=O. The average Bonchev–Trinajstić information content (AvgIpc) is 2.73. The number of hydrogen-bond acceptors (Lipinski definition) is 6. The molecule has 1 heterocycles. The molecular formula is C15H14NO4S2-. The van der Waals surface area contributed by atoms with E-state index in [1.807, 2.05) is 31.2 Å². The van der Waals surface area contributed by atoms with Crippen molar-refractivity contribution in [3.63, 3.8) is 0 Å². The van der Waals surface area contributed by atoms with Gasteiger partial charge in [0.05, 0.1) is 11.5 Å². The van der Waals surface area contributed by atoms with E-state index in [2.05, 4.69) is 0 Å². The van der Waals surface area contributed by atoms with Gasteiger partial charge < -0.3 is 14.6 Å². The first-order chi connectivity index (χ1) is 10.5. The van der Waals surface area contributed by atoms with Crippen LogP contribution < -0.4 is 9.84 Å². The monoisotopic (exact) mass is 336 g/mol. The molecule has 1 aromatic rings. The third-order valence-electron chi connectivity index (χ3n) is 2.92. The summed E-state index contributed by atoms with van der Waals surface area (Å²) in [6, 6.07) is 7.38. The van der Waals surface area contributed by atoms with E-state index in [4.69, 9.17) is 17.0 Å². The van der Waals surface area contributed by atoms with Crippen LogP contribution in [-0.2, 0) is 9.59 Å². The Morgan fingerprint density at radius 3 is 2.86 bits per heavy atom. The van der Waals surface area contributed by atoms with Crippen molar-refractivity contribution in [3.8, 4) is 5.75 Å². The van der Waals surface area contributed by atoms with E-state index in [-0.39, 0.29) is 18.9 Å². The number of rotatable bonds is 6. The van der Waals surface area contributed by atoms with Crippen LogP contribution in [0.1, 0.15) is 18.9 Å². The van der Waals surface area contributed by atoms with Crippen LogP contribution in [0.5, 0.6) is 5.75 Å². The highest BCUT2D eigenvalue weighted by molar-refractivity contribution is 8.26. The Bertz CT molecular complexity index is 642. The van der Waals surface area contributed by atoms with Gasteiger partial charge in [0.2, 0.25) is 0 Å². The molecular weight excluding hydrogens is 322 g/mol. The van der Waals surface area contributed by atoms with Gasteiger partial charge in [0.1, 0.15) is 10.1 Å². The minimum Gasteiger partial charge on any atom is -0.550 e. The van der Waals surface area contributed by atoms with E-state index in [0.717, 1.165) is 17.3 Å². The molecule has 0 saturated carbocycles. The molecule has 0 aliphatic carbocycles. The summed E-state index contributed by atoms with van der Waals surface area (Å²) in [6.45, 7) is 2.44. The van der Waals surface area contributed by atoms with E-state index < -0.39 is 5.97 Å². The molecule has 2 rings (SSSR count). The Morgan fingerprint density at radius 2 is 2.18 bits per heavy atom. The Kier molecular flexibility index (Phi) is 5.57. The lowest BCUT2D eigenvalue weighted by molar-refractivity contribution is -0.305. The van der Waals surface area contributed by atoms with Gasteiger partial charge in [-0.3, -0.25) is 9.69 Å². The van der Waals surface area contributed by atoms with Crippen LogP contribution in [-0.4, -0.2) is 34.2 Å². The van der Waals surface area contributed by atoms with Gasteiger partial charge in [0.25, 0.3) is 5.91 Å². The second kappa shape index (κ2) is 7.42. The summed E-state index contributed by atoms with van der Waals surface area (Å²) >= 11 is 6.28. The van der Waals surface area contributed by atoms with Gasteiger partial charge in [-0.25, -0.2) is 0 Å². The van der Waals surface area contributed by atoms with Gasteiger partial charge in [0.15, 0.2) is 0 Å². The molecule has 0 radical (unpaired) electrons. The number of carbonyl (C=O) groups is 2. The molecule has 1 amide bonds. The normalized spacial score (nSPS) is 16.4. The Balaban J connectivity index is 2.21. The number of thioether (sulfide) groups is 1. The first kappa shape index (κ1) is 16.5. The van der Waals surface area contributed by atoms with Crippen molar-refractivity contribution in [3.05, 3.63) is 34.7 Å². The van der Waals surface area contributed by atoms with Crippen LogP contribution in [0.15, 0.2) is 29.2 Å². The lowest BCUT2D eigenvalue weighted by atomic mass is 10.2. The third kappa shape index (κ3) is 3.86. The minimum absolute atomic E-state index is 0.0252. The smallest absolute Gasteiger partial charge is 0.266 e. The van der Waals surface area contributed by atoms with Crippen molar-refractivity contribution < 1.29 is 19.4 Å². The molecule has 1 aliphatic heterocycles. The molecule has 7 heteroatoms. The lowest BCUT2D eigenvalue weighted by Gasteiger charge is -2.14. The number of ether oxygens (including phenoxy) is 1. The number of benzene rings is 1. The molecule has 1 saturated heterocycles. The van der Waals surface area contributed by atoms with Gasteiger partial charge in [0, 0.05) is 24.5 Å². The topological polar surface area (TPSA) is 69.7 Å². The van der Waals surface area contributed by atoms with Crippen LogP contribution in [0.2, 0.25) is 0 Å². The number of nitrogens with zero attached hydrogens (tertiary/aromatic N) is 1. The highest BCUT2D eigenvalue weighted by Gasteiger charge is 2.31. The third-order valence-corrected chi connectivity index (χ3v) is 4.30. The fraction of sp³-hybridized carbons (Fsp3) is 0.267. The average molecular weight is 336 g/mol. The molecule has 0 bridgehead atoms. The summed E-state index contributed by atoms with van der Waals surface area (Å²) in [7, 11) is 0. The largest absolute Gasteiger partial charge is 0.550 e. The predicted octanol–water partition coefficient (Wildman–Crippen LogP) is 1.43. The molecule has 1 aromatic carbocycles. The number of aliphatic carboxylic acids is 1. The highest BCUT2D eigenvalue weighted by Crippen LogP contribution is 2.34. The fourth-order valence-electron chi connectivity index (χ4n) is 1.92. The number of carbonyl (C=O) groups excluding carboxylic acids is 2. The zero-order valence-corrected chi connectivity index (χ0v) is 13.5. The first-order valence-electron chi connectivity index (χ1n) is 6.70. The molecule has 1 fully saturated rings. The van der Waals surface area contributed by atoms with Crippen molar-refractivity contribution in [2.75, 3.05) is 13.2 Å². The van der Waals surface area contributed by atoms with Gasteiger partial charge in [-0.2, -0.15) is 0 Å². The number of carboxylic acid groups (broad SMARTS) is 1. The van der Waals surface area contributed by atoms with Crippen LogP contribution in [0, 0.1) is 0 Å². The van der Waals surface area contributed by atoms with Gasteiger partial charge in [-0.1, -0.05) is 42.2 Å². The van der Waals surface area contributed by atoms with Crippen molar-refractivity contribution in [1.29, 1.82) is 0 Å². The number of carboxylic acids is 1. The standard InChI is InChI=1S/C15H15NO4S2/c1-2-20-11-6-4-3-5-10(11)9-12-14(19)16(15(21)22-12)8-7-13(17)18/h3-6,9H,2,7-8H2,1H3,(H,17,18)/p-1/b12-9+. The molecule has 0 unspecified atom stereocenters. The zero-order valence-electron chi connectivity index (χ0n) is 11.9. The molecule has 5 nitrogen and oxygen atoms in total. The molecule has 0 N–H and O–H groups in total. The van der Waals surface area contributed by atoms with Crippen molar-refractivity contribution in [1.82, 2.24) is 4.90 Å². The van der Waals surface area contributed by atoms with Crippen LogP contribution in [0.25, 0.3) is 6.08 Å². The predicted molar refractivity (Wildman–Crippen MR) is 87.1 cm³/mol. The summed E-state index contributed by atoms with van der Waals surface area (Å²) in [5.74, 6) is -0.813. The maximum atomic E-state index is 12.3. The van der Waals surface area contributed by atoms with E-state index in [9.17, 15) is 14.7 Å². The molecule has 1 aliphatic rings.